The lowest BCUT2D eigenvalue weighted by Crippen LogP contribution is -2.23. The first-order valence-electron chi connectivity index (χ1n) is 23.6. The highest BCUT2D eigenvalue weighted by Crippen LogP contribution is 2.55. The van der Waals surface area contributed by atoms with Crippen molar-refractivity contribution in [2.75, 3.05) is 13.2 Å². The molecule has 0 saturated heterocycles. The Morgan fingerprint density at radius 3 is 1.21 bits per heavy atom. The van der Waals surface area contributed by atoms with Crippen molar-refractivity contribution in [1.29, 1.82) is 0 Å². The van der Waals surface area contributed by atoms with E-state index in [1.165, 1.54) is 64.0 Å². The number of thiophene rings is 2. The molecule has 8 heteroatoms. The largest absolute Gasteiger partial charge is 0.494 e. The van der Waals surface area contributed by atoms with Gasteiger partial charge < -0.3 is 18.9 Å². The zero-order valence-electron chi connectivity index (χ0n) is 38.9. The van der Waals surface area contributed by atoms with Crippen LogP contribution in [-0.4, -0.2) is 37.4 Å². The highest BCUT2D eigenvalue weighted by Gasteiger charge is 2.41. The van der Waals surface area contributed by atoms with E-state index in [0.29, 0.717) is 26.1 Å². The summed E-state index contributed by atoms with van der Waals surface area (Å²) in [5, 5.41) is 0. The number of hydrogen-bond donors (Lipinski definition) is 0. The van der Waals surface area contributed by atoms with Crippen LogP contribution < -0.4 is 9.47 Å². The smallest absolute Gasteiger partial charge is 0.306 e. The first-order chi connectivity index (χ1) is 32.7. The molecule has 6 aromatic rings. The molecule has 2 aromatic heterocycles. The van der Waals surface area contributed by atoms with Gasteiger partial charge in [-0.2, -0.15) is 0 Å². The van der Waals surface area contributed by atoms with Gasteiger partial charge in [-0.3, -0.25) is 9.59 Å². The number of unbranched alkanes of at least 4 members (excludes halogenated alkanes) is 4. The minimum absolute atomic E-state index is 0.0683. The van der Waals surface area contributed by atoms with Gasteiger partial charge in [-0.1, -0.05) is 64.4 Å². The monoisotopic (exact) mass is 930 g/mol. The molecule has 0 spiro atoms. The molecule has 0 fully saturated rings. The topological polar surface area (TPSA) is 71.1 Å². The Balaban J connectivity index is 0.937. The van der Waals surface area contributed by atoms with Gasteiger partial charge >= 0.3 is 11.9 Å². The first kappa shape index (κ1) is 48.7. The van der Waals surface area contributed by atoms with Crippen LogP contribution in [0.4, 0.5) is 0 Å². The minimum Gasteiger partial charge on any atom is -0.494 e. The molecule has 0 radical (unpaired) electrons. The molecular weight excluding hydrogens is 869 g/mol. The molecule has 346 valence electrons. The van der Waals surface area contributed by atoms with Crippen molar-refractivity contribution < 1.29 is 28.5 Å². The molecule has 0 N–H and O–H groups in total. The molecule has 1 aliphatic carbocycles. The fraction of sp³-hybridized carbons (Fsp3) is 0.288. The van der Waals surface area contributed by atoms with Crippen molar-refractivity contribution in [2.45, 2.75) is 95.7 Å². The number of rotatable bonds is 26. The summed E-state index contributed by atoms with van der Waals surface area (Å²) in [6.45, 7) is 20.5. The molecule has 0 aliphatic heterocycles. The Hall–Kier alpha value is -6.22. The van der Waals surface area contributed by atoms with Gasteiger partial charge in [-0.25, -0.2) is 0 Å². The fourth-order valence-electron chi connectivity index (χ4n) is 8.82. The highest BCUT2D eigenvalue weighted by molar-refractivity contribution is 7.19. The molecular formula is C59H62O6S2. The standard InChI is InChI=1S/C59H62O6S2/c1-7-45(8-2)64-57(60)19-15-13-17-37-62-47-27-21-41(22-28-47)53-33-35-55(66-53)43-25-31-49-50-32-26-44(40-52(50)59(11-5,12-6)51(49)39-43)56-36-34-54(67-56)42-23-29-48(30-24-42)63-38-18-14-16-20-58(61)65-46(9-3)10-4/h7-10,21-36,39-40,45-46H,1-4,11-20,37-38H2,5-6H3. The number of hydrogen-bond acceptors (Lipinski definition) is 8. The zero-order valence-corrected chi connectivity index (χ0v) is 40.6. The van der Waals surface area contributed by atoms with Crippen molar-refractivity contribution in [3.05, 3.63) is 171 Å². The minimum atomic E-state index is -0.432. The van der Waals surface area contributed by atoms with Crippen molar-refractivity contribution >= 4 is 34.6 Å². The predicted molar refractivity (Wildman–Crippen MR) is 279 cm³/mol. The Bertz CT molecular complexity index is 2450. The molecule has 67 heavy (non-hydrogen) atoms. The van der Waals surface area contributed by atoms with E-state index in [1.807, 2.05) is 46.9 Å². The predicted octanol–water partition coefficient (Wildman–Crippen LogP) is 16.0. The number of carbonyl (C=O) groups excluding carboxylic acids is 2. The van der Waals surface area contributed by atoms with Gasteiger partial charge in [0.15, 0.2) is 0 Å². The fourth-order valence-corrected chi connectivity index (χ4v) is 10.8. The van der Waals surface area contributed by atoms with Crippen molar-refractivity contribution in [2.24, 2.45) is 0 Å². The van der Waals surface area contributed by atoms with Crippen LogP contribution in [-0.2, 0) is 24.5 Å². The second kappa shape index (κ2) is 23.5. The maximum absolute atomic E-state index is 12.0. The summed E-state index contributed by atoms with van der Waals surface area (Å²) < 4.78 is 22.6. The van der Waals surface area contributed by atoms with Crippen LogP contribution in [0.1, 0.15) is 89.2 Å². The van der Waals surface area contributed by atoms with Gasteiger partial charge in [-0.15, -0.1) is 22.7 Å². The Labute approximate surface area is 405 Å². The molecule has 0 bridgehead atoms. The summed E-state index contributed by atoms with van der Waals surface area (Å²) in [5.41, 5.74) is 10.3. The summed E-state index contributed by atoms with van der Waals surface area (Å²) in [6.07, 6.45) is 13.2. The number of ether oxygens (including phenoxy) is 4. The van der Waals surface area contributed by atoms with E-state index >= 15 is 0 Å². The summed E-state index contributed by atoms with van der Waals surface area (Å²) in [4.78, 5) is 28.9. The van der Waals surface area contributed by atoms with Gasteiger partial charge in [0, 0.05) is 37.8 Å². The van der Waals surface area contributed by atoms with Gasteiger partial charge in [0.1, 0.15) is 23.7 Å². The van der Waals surface area contributed by atoms with E-state index in [0.717, 1.165) is 62.9 Å². The van der Waals surface area contributed by atoms with Gasteiger partial charge in [-0.05, 0) is 205 Å². The molecule has 0 saturated carbocycles. The summed E-state index contributed by atoms with van der Waals surface area (Å²) >= 11 is 3.65. The SMILES string of the molecule is C=CC(C=C)OC(=O)CCCCCOc1ccc(-c2ccc(-c3ccc4c(c3)C(CC)(CC)c3cc(-c5ccc(-c6ccc(OCCCCCC(=O)OC(C=C)C=C)cc6)s5)ccc3-4)s2)cc1. The Morgan fingerprint density at radius 2 is 0.851 bits per heavy atom. The van der Waals surface area contributed by atoms with E-state index < -0.39 is 12.2 Å². The van der Waals surface area contributed by atoms with Crippen LogP contribution in [0.3, 0.4) is 0 Å². The van der Waals surface area contributed by atoms with E-state index in [1.54, 1.807) is 24.3 Å². The lowest BCUT2D eigenvalue weighted by atomic mass is 9.73. The third kappa shape index (κ3) is 11.8. The van der Waals surface area contributed by atoms with Crippen LogP contribution in [0.5, 0.6) is 11.5 Å². The van der Waals surface area contributed by atoms with Crippen LogP contribution in [0, 0.1) is 0 Å². The van der Waals surface area contributed by atoms with Crippen LogP contribution in [0.2, 0.25) is 0 Å². The number of benzene rings is 4. The maximum Gasteiger partial charge on any atom is 0.306 e. The lowest BCUT2D eigenvalue weighted by molar-refractivity contribution is -0.146. The molecule has 7 rings (SSSR count). The second-order valence-corrected chi connectivity index (χ2v) is 19.0. The Morgan fingerprint density at radius 1 is 0.493 bits per heavy atom. The third-order valence-electron chi connectivity index (χ3n) is 12.7. The third-order valence-corrected chi connectivity index (χ3v) is 15.0. The van der Waals surface area contributed by atoms with Crippen LogP contribution in [0.25, 0.3) is 52.9 Å². The number of fused-ring (bicyclic) bond motifs is 3. The summed E-state index contributed by atoms with van der Waals surface area (Å²) in [5.74, 6) is 1.23. The van der Waals surface area contributed by atoms with E-state index in [-0.39, 0.29) is 17.4 Å². The average Bonchev–Trinajstić information content (AvgIpc) is 4.13. The van der Waals surface area contributed by atoms with Crippen molar-refractivity contribution in [3.63, 3.8) is 0 Å². The Kier molecular flexibility index (Phi) is 17.1. The van der Waals surface area contributed by atoms with E-state index in [9.17, 15) is 9.59 Å². The highest BCUT2D eigenvalue weighted by atomic mass is 32.1. The van der Waals surface area contributed by atoms with Gasteiger partial charge in [0.25, 0.3) is 0 Å². The molecule has 0 unspecified atom stereocenters. The van der Waals surface area contributed by atoms with Crippen LogP contribution >= 0.6 is 22.7 Å². The zero-order chi connectivity index (χ0) is 47.2. The van der Waals surface area contributed by atoms with Crippen molar-refractivity contribution in [3.8, 4) is 64.4 Å². The molecule has 0 atom stereocenters. The van der Waals surface area contributed by atoms with Crippen LogP contribution in [0.15, 0.2) is 160 Å². The molecule has 0 amide bonds. The second-order valence-electron chi connectivity index (χ2n) is 16.9. The molecule has 4 aromatic carbocycles. The van der Waals surface area contributed by atoms with E-state index in [4.69, 9.17) is 18.9 Å². The quantitative estimate of drug-likeness (QED) is 0.0307. The number of carbonyl (C=O) groups is 2. The summed E-state index contributed by atoms with van der Waals surface area (Å²) in [7, 11) is 0. The van der Waals surface area contributed by atoms with E-state index in [2.05, 4.69) is 125 Å². The van der Waals surface area contributed by atoms with Gasteiger partial charge in [0.2, 0.25) is 0 Å². The van der Waals surface area contributed by atoms with Gasteiger partial charge in [0.05, 0.1) is 13.2 Å². The number of esters is 2. The van der Waals surface area contributed by atoms with Crippen molar-refractivity contribution in [1.82, 2.24) is 0 Å². The molecule has 1 aliphatic rings. The normalized spacial score (nSPS) is 12.3. The molecule has 6 nitrogen and oxygen atoms in total. The lowest BCUT2D eigenvalue weighted by Gasteiger charge is -2.30. The maximum atomic E-state index is 12.0. The molecule has 2 heterocycles. The summed E-state index contributed by atoms with van der Waals surface area (Å²) in [6, 6.07) is 39.8. The average molecular weight is 931 g/mol. The first-order valence-corrected chi connectivity index (χ1v) is 25.2.